The van der Waals surface area contributed by atoms with Crippen LogP contribution in [0.1, 0.15) is 26.3 Å². The predicted molar refractivity (Wildman–Crippen MR) is 124 cm³/mol. The van der Waals surface area contributed by atoms with Crippen molar-refractivity contribution in [3.8, 4) is 0 Å². The lowest BCUT2D eigenvalue weighted by Gasteiger charge is -2.20. The molecule has 0 heterocycles. The summed E-state index contributed by atoms with van der Waals surface area (Å²) in [4.78, 5) is 27.0. The molecule has 0 aliphatic carbocycles. The van der Waals surface area contributed by atoms with Gasteiger partial charge in [0.15, 0.2) is 5.11 Å². The summed E-state index contributed by atoms with van der Waals surface area (Å²) in [7, 11) is 1.74. The number of carbonyl (C=O) groups excluding carboxylic acids is 2. The van der Waals surface area contributed by atoms with Gasteiger partial charge in [0.2, 0.25) is 0 Å². The number of nitrogens with one attached hydrogen (secondary N) is 2. The Bertz CT molecular complexity index is 1070. The lowest BCUT2D eigenvalue weighted by Crippen LogP contribution is -2.35. The van der Waals surface area contributed by atoms with Gasteiger partial charge in [0.25, 0.3) is 11.8 Å². The predicted octanol–water partition coefficient (Wildman–Crippen LogP) is 4.74. The Balaban J connectivity index is 1.70. The molecule has 152 valence electrons. The molecule has 0 saturated carbocycles. The lowest BCUT2D eigenvalue weighted by atomic mass is 10.1. The number of hydrogen-bond donors (Lipinski definition) is 2. The van der Waals surface area contributed by atoms with Gasteiger partial charge in [-0.15, -0.1) is 0 Å². The molecule has 30 heavy (non-hydrogen) atoms. The van der Waals surface area contributed by atoms with Gasteiger partial charge in [-0.2, -0.15) is 0 Å². The quantitative estimate of drug-likeness (QED) is 0.566. The maximum Gasteiger partial charge on any atom is 0.258 e. The third-order valence-electron chi connectivity index (χ3n) is 4.36. The Kier molecular flexibility index (Phi) is 7.17. The van der Waals surface area contributed by atoms with Gasteiger partial charge in [0.05, 0.1) is 21.8 Å². The van der Waals surface area contributed by atoms with Crippen LogP contribution in [0.4, 0.5) is 5.69 Å². The van der Waals surface area contributed by atoms with E-state index < -0.39 is 5.91 Å². The van der Waals surface area contributed by atoms with E-state index in [1.54, 1.807) is 60.5 Å². The van der Waals surface area contributed by atoms with Gasteiger partial charge >= 0.3 is 0 Å². The van der Waals surface area contributed by atoms with Crippen LogP contribution in [0.3, 0.4) is 0 Å². The first-order valence-electron chi connectivity index (χ1n) is 9.21. The van der Waals surface area contributed by atoms with Crippen LogP contribution in [0.25, 0.3) is 0 Å². The molecule has 2 N–H and O–H groups in total. The molecule has 0 aliphatic rings. The second-order valence-corrected chi connectivity index (χ2v) is 7.40. The zero-order chi connectivity index (χ0) is 21.5. The Morgan fingerprint density at radius 1 is 0.900 bits per heavy atom. The van der Waals surface area contributed by atoms with E-state index in [0.29, 0.717) is 28.4 Å². The van der Waals surface area contributed by atoms with E-state index in [4.69, 9.17) is 23.8 Å². The fraction of sp³-hybridized carbons (Fsp3) is 0.0870. The summed E-state index contributed by atoms with van der Waals surface area (Å²) in [5.74, 6) is -0.592. The van der Waals surface area contributed by atoms with Crippen molar-refractivity contribution in [2.75, 3.05) is 12.4 Å². The SMILES string of the molecule is CN(Cc1ccccc1)C(=O)c1ccccc1NC(=S)NC(=O)c1ccccc1Cl. The molecule has 3 aromatic rings. The van der Waals surface area contributed by atoms with Gasteiger partial charge < -0.3 is 10.2 Å². The van der Waals surface area contributed by atoms with Gasteiger partial charge in [-0.25, -0.2) is 0 Å². The van der Waals surface area contributed by atoms with Crippen molar-refractivity contribution >= 4 is 46.4 Å². The number of para-hydroxylation sites is 1. The maximum atomic E-state index is 13.0. The Labute approximate surface area is 185 Å². The summed E-state index contributed by atoms with van der Waals surface area (Å²) in [6.07, 6.45) is 0. The molecular formula is C23H20ClN3O2S. The molecule has 5 nitrogen and oxygen atoms in total. The fourth-order valence-electron chi connectivity index (χ4n) is 2.88. The maximum absolute atomic E-state index is 13.0. The van der Waals surface area contributed by atoms with Crippen LogP contribution in [-0.2, 0) is 6.54 Å². The van der Waals surface area contributed by atoms with Crippen molar-refractivity contribution in [3.63, 3.8) is 0 Å². The number of thiocarbonyl (C=S) groups is 1. The average molecular weight is 438 g/mol. The van der Waals surface area contributed by atoms with Crippen LogP contribution in [0.5, 0.6) is 0 Å². The second kappa shape index (κ2) is 10.0. The van der Waals surface area contributed by atoms with Crippen LogP contribution < -0.4 is 10.6 Å². The van der Waals surface area contributed by atoms with E-state index in [0.717, 1.165) is 5.56 Å². The summed E-state index contributed by atoms with van der Waals surface area (Å²) >= 11 is 11.3. The van der Waals surface area contributed by atoms with Gasteiger partial charge in [0, 0.05) is 13.6 Å². The summed E-state index contributed by atoms with van der Waals surface area (Å²) in [5, 5.41) is 5.94. The number of anilines is 1. The Hall–Kier alpha value is -3.22. The third-order valence-corrected chi connectivity index (χ3v) is 4.89. The molecule has 0 radical (unpaired) electrons. The minimum Gasteiger partial charge on any atom is -0.337 e. The molecule has 0 saturated heterocycles. The number of rotatable bonds is 5. The summed E-state index contributed by atoms with van der Waals surface area (Å²) < 4.78 is 0. The van der Waals surface area contributed by atoms with E-state index in [2.05, 4.69) is 10.6 Å². The lowest BCUT2D eigenvalue weighted by molar-refractivity contribution is 0.0786. The minimum absolute atomic E-state index is 0.0749. The smallest absolute Gasteiger partial charge is 0.258 e. The zero-order valence-corrected chi connectivity index (χ0v) is 17.8. The molecule has 0 spiro atoms. The number of hydrogen-bond acceptors (Lipinski definition) is 3. The molecule has 3 aromatic carbocycles. The molecule has 0 atom stereocenters. The number of carbonyl (C=O) groups is 2. The van der Waals surface area contributed by atoms with E-state index in [-0.39, 0.29) is 11.0 Å². The summed E-state index contributed by atoms with van der Waals surface area (Å²) in [5.41, 5.74) is 2.30. The molecule has 0 bridgehead atoms. The molecule has 2 amide bonds. The van der Waals surface area contributed by atoms with Crippen molar-refractivity contribution in [1.82, 2.24) is 10.2 Å². The number of halogens is 1. The van der Waals surface area contributed by atoms with Crippen molar-refractivity contribution < 1.29 is 9.59 Å². The van der Waals surface area contributed by atoms with E-state index in [9.17, 15) is 9.59 Å². The largest absolute Gasteiger partial charge is 0.337 e. The number of nitrogens with zero attached hydrogens (tertiary/aromatic N) is 1. The summed E-state index contributed by atoms with van der Waals surface area (Å²) in [6.45, 7) is 0.474. The molecule has 0 aliphatic heterocycles. The monoisotopic (exact) mass is 437 g/mol. The Morgan fingerprint density at radius 3 is 2.20 bits per heavy atom. The van der Waals surface area contributed by atoms with Crippen LogP contribution in [0.15, 0.2) is 78.9 Å². The number of benzene rings is 3. The van der Waals surface area contributed by atoms with E-state index in [1.807, 2.05) is 30.3 Å². The van der Waals surface area contributed by atoms with Crippen molar-refractivity contribution in [3.05, 3.63) is 101 Å². The topological polar surface area (TPSA) is 61.4 Å². The van der Waals surface area contributed by atoms with Crippen molar-refractivity contribution in [2.45, 2.75) is 6.54 Å². The molecule has 3 rings (SSSR count). The Morgan fingerprint density at radius 2 is 1.50 bits per heavy atom. The number of amides is 2. The van der Waals surface area contributed by atoms with Gasteiger partial charge in [-0.05, 0) is 42.0 Å². The zero-order valence-electron chi connectivity index (χ0n) is 16.3. The van der Waals surface area contributed by atoms with Gasteiger partial charge in [-0.3, -0.25) is 14.9 Å². The molecule has 7 heteroatoms. The highest BCUT2D eigenvalue weighted by Gasteiger charge is 2.17. The molecule has 0 fully saturated rings. The normalized spacial score (nSPS) is 10.2. The van der Waals surface area contributed by atoms with Gasteiger partial charge in [0.1, 0.15) is 0 Å². The first-order valence-corrected chi connectivity index (χ1v) is 9.99. The minimum atomic E-state index is -0.428. The molecular weight excluding hydrogens is 418 g/mol. The van der Waals surface area contributed by atoms with E-state index >= 15 is 0 Å². The first-order chi connectivity index (χ1) is 14.5. The highest BCUT2D eigenvalue weighted by molar-refractivity contribution is 7.80. The first kappa shape index (κ1) is 21.5. The highest BCUT2D eigenvalue weighted by Crippen LogP contribution is 2.19. The van der Waals surface area contributed by atoms with E-state index in [1.165, 1.54) is 0 Å². The van der Waals surface area contributed by atoms with Crippen LogP contribution >= 0.6 is 23.8 Å². The van der Waals surface area contributed by atoms with Crippen LogP contribution in [-0.4, -0.2) is 28.9 Å². The second-order valence-electron chi connectivity index (χ2n) is 6.58. The standard InChI is InChI=1S/C23H20ClN3O2S/c1-27(15-16-9-3-2-4-10-16)22(29)18-12-6-8-14-20(18)25-23(30)26-21(28)17-11-5-7-13-19(17)24/h2-14H,15H2,1H3,(H2,25,26,28,30). The van der Waals surface area contributed by atoms with Crippen molar-refractivity contribution in [2.24, 2.45) is 0 Å². The average Bonchev–Trinajstić information content (AvgIpc) is 2.74. The molecule has 0 aromatic heterocycles. The third kappa shape index (κ3) is 5.43. The van der Waals surface area contributed by atoms with Crippen molar-refractivity contribution in [1.29, 1.82) is 0 Å². The molecule has 0 unspecified atom stereocenters. The summed E-state index contributed by atoms with van der Waals surface area (Å²) in [6, 6.07) is 23.4. The van der Waals surface area contributed by atoms with Gasteiger partial charge in [-0.1, -0.05) is 66.2 Å². The van der Waals surface area contributed by atoms with Crippen LogP contribution in [0, 0.1) is 0 Å². The fourth-order valence-corrected chi connectivity index (χ4v) is 3.31. The highest BCUT2D eigenvalue weighted by atomic mass is 35.5. The van der Waals surface area contributed by atoms with Crippen LogP contribution in [0.2, 0.25) is 5.02 Å².